The second-order valence-corrected chi connectivity index (χ2v) is 6.31. The first-order chi connectivity index (χ1) is 11.2. The van der Waals surface area contributed by atoms with Crippen LogP contribution < -0.4 is 15.4 Å². The normalized spacial score (nSPS) is 11.0. The van der Waals surface area contributed by atoms with E-state index in [1.165, 1.54) is 4.90 Å². The Morgan fingerprint density at radius 3 is 2.58 bits per heavy atom. The van der Waals surface area contributed by atoms with Crippen LogP contribution in [0.1, 0.15) is 26.5 Å². The van der Waals surface area contributed by atoms with E-state index in [1.54, 1.807) is 44.4 Å². The van der Waals surface area contributed by atoms with Crippen molar-refractivity contribution in [2.45, 2.75) is 33.3 Å². The summed E-state index contributed by atoms with van der Waals surface area (Å²) in [4.78, 5) is 21.8. The number of ether oxygens (including phenoxy) is 2. The number of nitrogens with two attached hydrogens (primary N) is 1. The lowest BCUT2D eigenvalue weighted by atomic mass is 10.2. The van der Waals surface area contributed by atoms with E-state index in [4.69, 9.17) is 15.2 Å². The first-order valence-electron chi connectivity index (χ1n) is 7.49. The van der Waals surface area contributed by atoms with Crippen molar-refractivity contribution in [1.29, 1.82) is 0 Å². The summed E-state index contributed by atoms with van der Waals surface area (Å²) in [5.41, 5.74) is 5.73. The molecule has 7 nitrogen and oxygen atoms in total. The topological polar surface area (TPSA) is 90.6 Å². The van der Waals surface area contributed by atoms with Crippen molar-refractivity contribution in [3.8, 4) is 11.5 Å². The molecule has 0 aromatic carbocycles. The van der Waals surface area contributed by atoms with Crippen molar-refractivity contribution in [3.63, 3.8) is 0 Å². The number of anilines is 2. The summed E-state index contributed by atoms with van der Waals surface area (Å²) in [6.07, 6.45) is 1.07. The molecule has 0 aliphatic heterocycles. The summed E-state index contributed by atoms with van der Waals surface area (Å²) >= 11 is 0. The molecule has 2 N–H and O–H groups in total. The molecule has 2 aromatic heterocycles. The number of carbonyl (C=O) groups excluding carboxylic acids is 1. The van der Waals surface area contributed by atoms with Crippen molar-refractivity contribution in [3.05, 3.63) is 36.2 Å². The second-order valence-electron chi connectivity index (χ2n) is 6.31. The lowest BCUT2D eigenvalue weighted by molar-refractivity contribution is 0.0588. The van der Waals surface area contributed by atoms with Gasteiger partial charge in [0.25, 0.3) is 0 Å². The van der Waals surface area contributed by atoms with Crippen LogP contribution in [0.3, 0.4) is 0 Å². The molecule has 2 heterocycles. The predicted molar refractivity (Wildman–Crippen MR) is 92.3 cm³/mol. The number of rotatable bonds is 3. The number of amides is 1. The number of aromatic nitrogens is 2. The highest BCUT2D eigenvalue weighted by Crippen LogP contribution is 2.27. The monoisotopic (exact) mass is 330 g/mol. The first-order valence-corrected chi connectivity index (χ1v) is 7.49. The summed E-state index contributed by atoms with van der Waals surface area (Å²) in [5.74, 6) is 1.97. The summed E-state index contributed by atoms with van der Waals surface area (Å²) in [5, 5.41) is 0. The van der Waals surface area contributed by atoms with Crippen LogP contribution >= 0.6 is 0 Å². The van der Waals surface area contributed by atoms with Gasteiger partial charge in [0.1, 0.15) is 28.7 Å². The molecular weight excluding hydrogens is 308 g/mol. The maximum Gasteiger partial charge on any atom is 0.415 e. The Labute approximate surface area is 141 Å². The molecule has 0 radical (unpaired) electrons. The summed E-state index contributed by atoms with van der Waals surface area (Å²) in [6, 6.07) is 6.76. The van der Waals surface area contributed by atoms with Gasteiger partial charge in [0.05, 0.1) is 5.69 Å². The van der Waals surface area contributed by atoms with Crippen molar-refractivity contribution in [2.24, 2.45) is 0 Å². The molecule has 128 valence electrons. The van der Waals surface area contributed by atoms with E-state index in [0.717, 1.165) is 0 Å². The van der Waals surface area contributed by atoms with Gasteiger partial charge in [-0.25, -0.2) is 14.8 Å². The predicted octanol–water partition coefficient (Wildman–Crippen LogP) is 3.53. The molecule has 2 aromatic rings. The molecule has 0 aliphatic carbocycles. The number of nitrogens with zero attached hydrogens (tertiary/aromatic N) is 3. The van der Waals surface area contributed by atoms with Gasteiger partial charge in [-0.1, -0.05) is 0 Å². The smallest absolute Gasteiger partial charge is 0.415 e. The standard InChI is InChI=1S/C17H22N4O3/c1-11-13(6-7-14(18)20-11)23-12-8-9-19-15(10-12)21(5)16(22)24-17(2,3)4/h6-10H,1-5H3,(H2,18,20). The van der Waals surface area contributed by atoms with E-state index >= 15 is 0 Å². The highest BCUT2D eigenvalue weighted by molar-refractivity contribution is 5.86. The molecule has 0 unspecified atom stereocenters. The average molecular weight is 330 g/mol. The number of carbonyl (C=O) groups is 1. The quantitative estimate of drug-likeness (QED) is 0.926. The van der Waals surface area contributed by atoms with Crippen LogP contribution in [0.25, 0.3) is 0 Å². The lowest BCUT2D eigenvalue weighted by Crippen LogP contribution is -2.34. The maximum absolute atomic E-state index is 12.1. The fourth-order valence-corrected chi connectivity index (χ4v) is 1.87. The zero-order chi connectivity index (χ0) is 17.9. The Kier molecular flexibility index (Phi) is 4.92. The molecule has 0 fully saturated rings. The number of hydrogen-bond donors (Lipinski definition) is 1. The first kappa shape index (κ1) is 17.5. The third kappa shape index (κ3) is 4.58. The number of pyridine rings is 2. The van der Waals surface area contributed by atoms with E-state index in [0.29, 0.717) is 28.8 Å². The molecule has 2 rings (SSSR count). The van der Waals surface area contributed by atoms with Crippen molar-refractivity contribution >= 4 is 17.7 Å². The molecule has 0 saturated heterocycles. The van der Waals surface area contributed by atoms with Crippen molar-refractivity contribution in [1.82, 2.24) is 9.97 Å². The van der Waals surface area contributed by atoms with Gasteiger partial charge in [0.2, 0.25) is 0 Å². The SMILES string of the molecule is Cc1nc(N)ccc1Oc1ccnc(N(C)C(=O)OC(C)(C)C)c1. The van der Waals surface area contributed by atoms with Crippen LogP contribution in [0, 0.1) is 6.92 Å². The van der Waals surface area contributed by atoms with Crippen LogP contribution in [0.15, 0.2) is 30.5 Å². The average Bonchev–Trinajstić information content (AvgIpc) is 2.48. The van der Waals surface area contributed by atoms with E-state index in [-0.39, 0.29) is 0 Å². The zero-order valence-electron chi connectivity index (χ0n) is 14.5. The third-order valence-electron chi connectivity index (χ3n) is 3.01. The van der Waals surface area contributed by atoms with E-state index < -0.39 is 11.7 Å². The fourth-order valence-electron chi connectivity index (χ4n) is 1.87. The lowest BCUT2D eigenvalue weighted by Gasteiger charge is -2.24. The van der Waals surface area contributed by atoms with Gasteiger partial charge < -0.3 is 15.2 Å². The van der Waals surface area contributed by atoms with Gasteiger partial charge in [-0.3, -0.25) is 4.90 Å². The Bertz CT molecular complexity index is 741. The fraction of sp³-hybridized carbons (Fsp3) is 0.353. The molecule has 0 saturated carbocycles. The van der Waals surface area contributed by atoms with E-state index in [2.05, 4.69) is 9.97 Å². The minimum absolute atomic E-state index is 0.419. The van der Waals surface area contributed by atoms with Gasteiger partial charge in [0, 0.05) is 19.3 Å². The largest absolute Gasteiger partial charge is 0.455 e. The molecule has 0 bridgehead atoms. The van der Waals surface area contributed by atoms with Gasteiger partial charge in [-0.15, -0.1) is 0 Å². The Morgan fingerprint density at radius 2 is 1.96 bits per heavy atom. The van der Waals surface area contributed by atoms with Crippen LogP contribution in [0.5, 0.6) is 11.5 Å². The minimum Gasteiger partial charge on any atom is -0.455 e. The summed E-state index contributed by atoms with van der Waals surface area (Å²) < 4.78 is 11.1. The third-order valence-corrected chi connectivity index (χ3v) is 3.01. The molecule has 24 heavy (non-hydrogen) atoms. The Hall–Kier alpha value is -2.83. The summed E-state index contributed by atoms with van der Waals surface area (Å²) in [7, 11) is 1.59. The van der Waals surface area contributed by atoms with Crippen molar-refractivity contribution < 1.29 is 14.3 Å². The van der Waals surface area contributed by atoms with Crippen LogP contribution in [0.4, 0.5) is 16.4 Å². The minimum atomic E-state index is -0.577. The number of hydrogen-bond acceptors (Lipinski definition) is 6. The highest BCUT2D eigenvalue weighted by atomic mass is 16.6. The second kappa shape index (κ2) is 6.74. The molecular formula is C17H22N4O3. The van der Waals surface area contributed by atoms with Gasteiger partial charge >= 0.3 is 6.09 Å². The number of nitrogen functional groups attached to an aromatic ring is 1. The maximum atomic E-state index is 12.1. The molecule has 0 spiro atoms. The summed E-state index contributed by atoms with van der Waals surface area (Å²) in [6.45, 7) is 7.23. The van der Waals surface area contributed by atoms with Crippen LogP contribution in [0.2, 0.25) is 0 Å². The molecule has 1 amide bonds. The van der Waals surface area contributed by atoms with E-state index in [1.807, 2.05) is 20.8 Å². The van der Waals surface area contributed by atoms with Crippen molar-refractivity contribution in [2.75, 3.05) is 17.7 Å². The molecule has 0 atom stereocenters. The van der Waals surface area contributed by atoms with Crippen LogP contribution in [-0.4, -0.2) is 28.7 Å². The van der Waals surface area contributed by atoms with E-state index in [9.17, 15) is 4.79 Å². The van der Waals surface area contributed by atoms with Gasteiger partial charge in [-0.2, -0.15) is 0 Å². The van der Waals surface area contributed by atoms with Gasteiger partial charge in [-0.05, 0) is 45.9 Å². The zero-order valence-corrected chi connectivity index (χ0v) is 14.5. The number of aryl methyl sites for hydroxylation is 1. The molecule has 7 heteroatoms. The highest BCUT2D eigenvalue weighted by Gasteiger charge is 2.21. The Morgan fingerprint density at radius 1 is 1.25 bits per heavy atom. The van der Waals surface area contributed by atoms with Crippen LogP contribution in [-0.2, 0) is 4.74 Å². The van der Waals surface area contributed by atoms with Gasteiger partial charge in [0.15, 0.2) is 0 Å². The molecule has 0 aliphatic rings. The Balaban J connectivity index is 2.18.